The van der Waals surface area contributed by atoms with Crippen molar-refractivity contribution in [3.63, 3.8) is 0 Å². The molecule has 0 amide bonds. The number of carbonyl (C=O) groups is 1. The van der Waals surface area contributed by atoms with Gasteiger partial charge < -0.3 is 9.84 Å². The van der Waals surface area contributed by atoms with E-state index in [4.69, 9.17) is 4.74 Å². The van der Waals surface area contributed by atoms with Crippen molar-refractivity contribution in [1.82, 2.24) is 0 Å². The summed E-state index contributed by atoms with van der Waals surface area (Å²) in [5.41, 5.74) is 3.81. The number of carboxylic acids is 1. The molecule has 0 heterocycles. The predicted molar refractivity (Wildman–Crippen MR) is 93.6 cm³/mol. The SMILES string of the molecule is Cc1ccc(/C(=C/c2ccccc2OC(C)C)C(=O)O)c(C)c1. The number of aryl methyl sites for hydroxylation is 2. The Kier molecular flexibility index (Phi) is 5.22. The lowest BCUT2D eigenvalue weighted by atomic mass is 9.96. The number of benzene rings is 2. The van der Waals surface area contributed by atoms with E-state index in [9.17, 15) is 9.90 Å². The Morgan fingerprint density at radius 1 is 1.13 bits per heavy atom. The minimum atomic E-state index is -0.948. The van der Waals surface area contributed by atoms with Gasteiger partial charge in [-0.3, -0.25) is 0 Å². The first kappa shape index (κ1) is 16.8. The van der Waals surface area contributed by atoms with Gasteiger partial charge in [-0.2, -0.15) is 0 Å². The zero-order valence-electron chi connectivity index (χ0n) is 14.0. The average molecular weight is 310 g/mol. The zero-order valence-corrected chi connectivity index (χ0v) is 14.0. The predicted octanol–water partition coefficient (Wildman–Crippen LogP) is 4.72. The molecule has 23 heavy (non-hydrogen) atoms. The minimum Gasteiger partial charge on any atom is -0.490 e. The summed E-state index contributed by atoms with van der Waals surface area (Å²) in [6.45, 7) is 7.81. The summed E-state index contributed by atoms with van der Waals surface area (Å²) >= 11 is 0. The van der Waals surface area contributed by atoms with Gasteiger partial charge in [-0.1, -0.05) is 42.0 Å². The molecule has 0 radical (unpaired) electrons. The molecule has 0 aliphatic rings. The molecule has 0 unspecified atom stereocenters. The van der Waals surface area contributed by atoms with Crippen LogP contribution in [-0.4, -0.2) is 17.2 Å². The molecule has 0 aromatic heterocycles. The van der Waals surface area contributed by atoms with Gasteiger partial charge in [-0.05, 0) is 51.0 Å². The number of hydrogen-bond donors (Lipinski definition) is 1. The van der Waals surface area contributed by atoms with Gasteiger partial charge in [0.1, 0.15) is 5.75 Å². The van der Waals surface area contributed by atoms with E-state index in [1.807, 2.05) is 70.2 Å². The third kappa shape index (κ3) is 4.22. The van der Waals surface area contributed by atoms with E-state index in [-0.39, 0.29) is 11.7 Å². The maximum Gasteiger partial charge on any atom is 0.336 e. The van der Waals surface area contributed by atoms with E-state index in [0.717, 1.165) is 22.3 Å². The Hall–Kier alpha value is -2.55. The average Bonchev–Trinajstić information content (AvgIpc) is 2.46. The second-order valence-electron chi connectivity index (χ2n) is 5.89. The topological polar surface area (TPSA) is 46.5 Å². The van der Waals surface area contributed by atoms with Crippen molar-refractivity contribution in [2.75, 3.05) is 0 Å². The monoisotopic (exact) mass is 310 g/mol. The van der Waals surface area contributed by atoms with Crippen molar-refractivity contribution in [3.05, 3.63) is 64.7 Å². The standard InChI is InChI=1S/C20H22O3/c1-13(2)23-19-8-6-5-7-16(19)12-18(20(21)22)17-10-9-14(3)11-15(17)4/h5-13H,1-4H3,(H,21,22)/b18-12-. The van der Waals surface area contributed by atoms with E-state index < -0.39 is 5.97 Å². The van der Waals surface area contributed by atoms with Crippen molar-refractivity contribution >= 4 is 17.6 Å². The van der Waals surface area contributed by atoms with Crippen LogP contribution >= 0.6 is 0 Å². The number of carboxylic acid groups (broad SMARTS) is 1. The highest BCUT2D eigenvalue weighted by atomic mass is 16.5. The fraction of sp³-hybridized carbons (Fsp3) is 0.250. The lowest BCUT2D eigenvalue weighted by molar-refractivity contribution is -0.130. The normalized spacial score (nSPS) is 11.6. The molecule has 0 fully saturated rings. The van der Waals surface area contributed by atoms with Crippen molar-refractivity contribution in [1.29, 1.82) is 0 Å². The summed E-state index contributed by atoms with van der Waals surface area (Å²) in [6.07, 6.45) is 1.71. The molecule has 0 spiro atoms. The van der Waals surface area contributed by atoms with Gasteiger partial charge in [0, 0.05) is 5.56 Å². The van der Waals surface area contributed by atoms with Crippen molar-refractivity contribution in [3.8, 4) is 5.75 Å². The molecule has 0 bridgehead atoms. The van der Waals surface area contributed by atoms with Crippen LogP contribution in [-0.2, 0) is 4.79 Å². The molecule has 0 aliphatic heterocycles. The van der Waals surface area contributed by atoms with Crippen molar-refractivity contribution in [2.24, 2.45) is 0 Å². The van der Waals surface area contributed by atoms with Crippen molar-refractivity contribution in [2.45, 2.75) is 33.8 Å². The highest BCUT2D eigenvalue weighted by molar-refractivity contribution is 6.21. The summed E-state index contributed by atoms with van der Waals surface area (Å²) in [5.74, 6) is -0.262. The van der Waals surface area contributed by atoms with Crippen LogP contribution in [0.25, 0.3) is 11.6 Å². The summed E-state index contributed by atoms with van der Waals surface area (Å²) in [7, 11) is 0. The van der Waals surface area contributed by atoms with Gasteiger partial charge in [-0.25, -0.2) is 4.79 Å². The first-order chi connectivity index (χ1) is 10.9. The minimum absolute atomic E-state index is 0.0268. The van der Waals surface area contributed by atoms with Crippen LogP contribution < -0.4 is 4.74 Å². The highest BCUT2D eigenvalue weighted by Crippen LogP contribution is 2.27. The van der Waals surface area contributed by atoms with Gasteiger partial charge in [-0.15, -0.1) is 0 Å². The molecule has 0 aliphatic carbocycles. The summed E-state index contributed by atoms with van der Waals surface area (Å²) < 4.78 is 5.77. The summed E-state index contributed by atoms with van der Waals surface area (Å²) in [6, 6.07) is 13.2. The van der Waals surface area contributed by atoms with Gasteiger partial charge in [0.25, 0.3) is 0 Å². The number of para-hydroxylation sites is 1. The van der Waals surface area contributed by atoms with Crippen LogP contribution in [0.15, 0.2) is 42.5 Å². The molecule has 3 nitrogen and oxygen atoms in total. The smallest absolute Gasteiger partial charge is 0.336 e. The molecule has 1 N–H and O–H groups in total. The molecule has 2 rings (SSSR count). The first-order valence-corrected chi connectivity index (χ1v) is 7.66. The van der Waals surface area contributed by atoms with Crippen LogP contribution in [0, 0.1) is 13.8 Å². The summed E-state index contributed by atoms with van der Waals surface area (Å²) in [4.78, 5) is 11.8. The summed E-state index contributed by atoms with van der Waals surface area (Å²) in [5, 5.41) is 9.65. The Balaban J connectivity index is 2.54. The van der Waals surface area contributed by atoms with E-state index in [1.165, 1.54) is 0 Å². The van der Waals surface area contributed by atoms with E-state index in [2.05, 4.69) is 0 Å². The molecule has 2 aromatic carbocycles. The second kappa shape index (κ2) is 7.14. The molecule has 0 saturated heterocycles. The fourth-order valence-electron chi connectivity index (χ4n) is 2.49. The maximum atomic E-state index is 11.8. The van der Waals surface area contributed by atoms with Crippen LogP contribution in [0.2, 0.25) is 0 Å². The molecule has 3 heteroatoms. The molecular formula is C20H22O3. The lowest BCUT2D eigenvalue weighted by Crippen LogP contribution is -2.07. The van der Waals surface area contributed by atoms with Gasteiger partial charge >= 0.3 is 5.97 Å². The van der Waals surface area contributed by atoms with Crippen molar-refractivity contribution < 1.29 is 14.6 Å². The maximum absolute atomic E-state index is 11.8. The lowest BCUT2D eigenvalue weighted by Gasteiger charge is -2.13. The highest BCUT2D eigenvalue weighted by Gasteiger charge is 2.14. The Morgan fingerprint density at radius 2 is 1.83 bits per heavy atom. The Morgan fingerprint density at radius 3 is 2.43 bits per heavy atom. The Bertz CT molecular complexity index is 742. The number of rotatable bonds is 5. The van der Waals surface area contributed by atoms with Crippen LogP contribution in [0.5, 0.6) is 5.75 Å². The van der Waals surface area contributed by atoms with E-state index >= 15 is 0 Å². The number of aliphatic carboxylic acids is 1. The third-order valence-electron chi connectivity index (χ3n) is 3.48. The number of hydrogen-bond acceptors (Lipinski definition) is 2. The van der Waals surface area contributed by atoms with Crippen LogP contribution in [0.3, 0.4) is 0 Å². The van der Waals surface area contributed by atoms with Crippen LogP contribution in [0.4, 0.5) is 0 Å². The zero-order chi connectivity index (χ0) is 17.0. The van der Waals surface area contributed by atoms with E-state index in [1.54, 1.807) is 6.08 Å². The first-order valence-electron chi connectivity index (χ1n) is 7.66. The molecule has 0 saturated carbocycles. The fourth-order valence-corrected chi connectivity index (χ4v) is 2.49. The number of ether oxygens (including phenoxy) is 1. The van der Waals surface area contributed by atoms with Gasteiger partial charge in [0.2, 0.25) is 0 Å². The van der Waals surface area contributed by atoms with Gasteiger partial charge in [0.15, 0.2) is 0 Å². The molecule has 120 valence electrons. The Labute approximate surface area is 137 Å². The largest absolute Gasteiger partial charge is 0.490 e. The van der Waals surface area contributed by atoms with Crippen LogP contribution in [0.1, 0.15) is 36.1 Å². The third-order valence-corrected chi connectivity index (χ3v) is 3.48. The molecular weight excluding hydrogens is 288 g/mol. The second-order valence-corrected chi connectivity index (χ2v) is 5.89. The molecule has 2 aromatic rings. The quantitative estimate of drug-likeness (QED) is 0.642. The molecule has 0 atom stereocenters. The van der Waals surface area contributed by atoms with Gasteiger partial charge in [0.05, 0.1) is 11.7 Å². The van der Waals surface area contributed by atoms with E-state index in [0.29, 0.717) is 5.75 Å².